The number of amidine groups is 1. The van der Waals surface area contributed by atoms with Gasteiger partial charge in [0.15, 0.2) is 5.17 Å². The number of carbonyl (C=O) groups excluding carboxylic acids is 3. The summed E-state index contributed by atoms with van der Waals surface area (Å²) >= 11 is 1.12. The highest BCUT2D eigenvalue weighted by atomic mass is 32.2. The van der Waals surface area contributed by atoms with Gasteiger partial charge in [0.1, 0.15) is 0 Å². The lowest BCUT2D eigenvalue weighted by atomic mass is 10.0. The van der Waals surface area contributed by atoms with Gasteiger partial charge in [-0.15, -0.1) is 5.10 Å². The number of nitrogens with zero attached hydrogens (tertiary/aromatic N) is 3. The highest BCUT2D eigenvalue weighted by Gasteiger charge is 2.61. The molecule has 2 aliphatic rings. The van der Waals surface area contributed by atoms with Crippen molar-refractivity contribution in [2.75, 3.05) is 11.4 Å². The number of hydrazone groups is 1. The van der Waals surface area contributed by atoms with Crippen molar-refractivity contribution in [3.05, 3.63) is 28.8 Å². The molecule has 0 saturated carbocycles. The standard InChI is InChI=1S/C19H24N4O3S/c1-6-7-8-22-16-12(3)9-11(2)10-15(16)19(17(22)26)23(14(5)25)21-18(27-19)20-13(4)24/h9-10H,6-8H2,1-5H3,(H,20,21,24). The number of fused-ring (bicyclic) bond motifs is 2. The second-order valence-electron chi connectivity index (χ2n) is 6.95. The smallest absolute Gasteiger partial charge is 0.270 e. The van der Waals surface area contributed by atoms with Crippen LogP contribution in [0.1, 0.15) is 50.3 Å². The monoisotopic (exact) mass is 388 g/mol. The molecule has 7 nitrogen and oxygen atoms in total. The van der Waals surface area contributed by atoms with Gasteiger partial charge in [0.05, 0.1) is 5.69 Å². The van der Waals surface area contributed by atoms with Gasteiger partial charge in [0.25, 0.3) is 5.91 Å². The van der Waals surface area contributed by atoms with Crippen LogP contribution in [-0.2, 0) is 19.3 Å². The minimum atomic E-state index is -1.30. The summed E-state index contributed by atoms with van der Waals surface area (Å²) in [4.78, 5) is 38.0. The Morgan fingerprint density at radius 2 is 1.96 bits per heavy atom. The molecule has 2 heterocycles. The fraction of sp³-hybridized carbons (Fsp3) is 0.474. The third-order valence-electron chi connectivity index (χ3n) is 4.66. The number of rotatable bonds is 3. The third kappa shape index (κ3) is 3.01. The molecule has 1 aromatic carbocycles. The van der Waals surface area contributed by atoms with Crippen LogP contribution < -0.4 is 10.2 Å². The van der Waals surface area contributed by atoms with Crippen LogP contribution in [0.3, 0.4) is 0 Å². The Balaban J connectivity index is 2.19. The SMILES string of the molecule is CCCCN1C(=O)C2(SC(NC(C)=O)=NN2C(C)=O)c2cc(C)cc(C)c21. The number of hydrogen-bond acceptors (Lipinski definition) is 5. The van der Waals surface area contributed by atoms with E-state index < -0.39 is 4.87 Å². The summed E-state index contributed by atoms with van der Waals surface area (Å²) in [6.45, 7) is 9.35. The molecule has 0 saturated heterocycles. The first-order chi connectivity index (χ1) is 12.7. The zero-order chi connectivity index (χ0) is 19.9. The van der Waals surface area contributed by atoms with E-state index in [9.17, 15) is 14.4 Å². The van der Waals surface area contributed by atoms with Crippen LogP contribution in [0.2, 0.25) is 0 Å². The molecule has 27 heavy (non-hydrogen) atoms. The molecule has 2 aliphatic heterocycles. The zero-order valence-electron chi connectivity index (χ0n) is 16.3. The maximum atomic E-state index is 13.6. The van der Waals surface area contributed by atoms with E-state index in [1.807, 2.05) is 26.0 Å². The van der Waals surface area contributed by atoms with Gasteiger partial charge in [-0.3, -0.25) is 14.4 Å². The molecule has 0 aliphatic carbocycles. The Hall–Kier alpha value is -2.35. The van der Waals surface area contributed by atoms with Gasteiger partial charge < -0.3 is 10.2 Å². The van der Waals surface area contributed by atoms with Gasteiger partial charge in [-0.25, -0.2) is 0 Å². The van der Waals surface area contributed by atoms with Crippen LogP contribution in [0, 0.1) is 13.8 Å². The minimum Gasteiger partial charge on any atom is -0.309 e. The van der Waals surface area contributed by atoms with Crippen molar-refractivity contribution in [2.24, 2.45) is 5.10 Å². The van der Waals surface area contributed by atoms with Gasteiger partial charge in [-0.2, -0.15) is 5.01 Å². The van der Waals surface area contributed by atoms with Crippen molar-refractivity contribution in [1.29, 1.82) is 0 Å². The molecule has 3 amide bonds. The zero-order valence-corrected chi connectivity index (χ0v) is 17.1. The number of thioether (sulfide) groups is 1. The predicted molar refractivity (Wildman–Crippen MR) is 106 cm³/mol. The van der Waals surface area contributed by atoms with E-state index in [4.69, 9.17) is 0 Å². The Morgan fingerprint density at radius 3 is 2.56 bits per heavy atom. The Morgan fingerprint density at radius 1 is 1.26 bits per heavy atom. The van der Waals surface area contributed by atoms with E-state index in [0.717, 1.165) is 47.0 Å². The number of aryl methyl sites for hydroxylation is 2. The largest absolute Gasteiger partial charge is 0.309 e. The van der Waals surface area contributed by atoms with Crippen molar-refractivity contribution in [1.82, 2.24) is 10.3 Å². The molecule has 1 atom stereocenters. The lowest BCUT2D eigenvalue weighted by molar-refractivity contribution is -0.139. The molecule has 3 rings (SSSR count). The van der Waals surface area contributed by atoms with E-state index in [0.29, 0.717) is 6.54 Å². The number of nitrogens with one attached hydrogen (secondary N) is 1. The predicted octanol–water partition coefficient (Wildman–Crippen LogP) is 2.61. The van der Waals surface area contributed by atoms with Crippen LogP contribution in [0.4, 0.5) is 5.69 Å². The molecule has 1 unspecified atom stereocenters. The molecule has 0 aromatic heterocycles. The van der Waals surface area contributed by atoms with Gasteiger partial charge >= 0.3 is 0 Å². The average Bonchev–Trinajstić information content (AvgIpc) is 3.05. The summed E-state index contributed by atoms with van der Waals surface area (Å²) in [6.07, 6.45) is 1.81. The Labute approximate surface area is 163 Å². The molecule has 1 aromatic rings. The molecule has 1 N–H and O–H groups in total. The summed E-state index contributed by atoms with van der Waals surface area (Å²) in [5, 5.41) is 8.37. The second-order valence-corrected chi connectivity index (χ2v) is 8.13. The second kappa shape index (κ2) is 6.99. The van der Waals surface area contributed by atoms with E-state index in [1.165, 1.54) is 18.9 Å². The van der Waals surface area contributed by atoms with Gasteiger partial charge in [-0.1, -0.05) is 31.0 Å². The number of unbranched alkanes of at least 4 members (excludes halogenated alkanes) is 1. The van der Waals surface area contributed by atoms with E-state index in [2.05, 4.69) is 17.3 Å². The quantitative estimate of drug-likeness (QED) is 0.863. The normalized spacial score (nSPS) is 20.9. The number of benzene rings is 1. The molecule has 1 spiro atoms. The molecule has 144 valence electrons. The first-order valence-electron chi connectivity index (χ1n) is 9.02. The van der Waals surface area contributed by atoms with Crippen LogP contribution in [-0.4, -0.2) is 34.4 Å². The maximum Gasteiger partial charge on any atom is 0.270 e. The lowest BCUT2D eigenvalue weighted by Crippen LogP contribution is -2.48. The van der Waals surface area contributed by atoms with Crippen molar-refractivity contribution in [2.45, 2.75) is 52.3 Å². The Bertz CT molecular complexity index is 867. The van der Waals surface area contributed by atoms with Crippen LogP contribution in [0.25, 0.3) is 0 Å². The maximum absolute atomic E-state index is 13.6. The molecule has 0 bridgehead atoms. The highest BCUT2D eigenvalue weighted by molar-refractivity contribution is 8.15. The lowest BCUT2D eigenvalue weighted by Gasteiger charge is -2.29. The van der Waals surface area contributed by atoms with E-state index in [-0.39, 0.29) is 22.9 Å². The van der Waals surface area contributed by atoms with Crippen molar-refractivity contribution < 1.29 is 14.4 Å². The third-order valence-corrected chi connectivity index (χ3v) is 5.90. The summed E-state index contributed by atoms with van der Waals surface area (Å²) in [5.41, 5.74) is 3.60. The summed E-state index contributed by atoms with van der Waals surface area (Å²) in [5.74, 6) is -0.835. The molecular weight excluding hydrogens is 364 g/mol. The molecule has 0 radical (unpaired) electrons. The summed E-state index contributed by atoms with van der Waals surface area (Å²) < 4.78 is 0. The van der Waals surface area contributed by atoms with Crippen LogP contribution in [0.15, 0.2) is 17.2 Å². The Kier molecular flexibility index (Phi) is 5.03. The van der Waals surface area contributed by atoms with Crippen molar-refractivity contribution in [3.8, 4) is 0 Å². The summed E-state index contributed by atoms with van der Waals surface area (Å²) in [6, 6.07) is 3.98. The van der Waals surface area contributed by atoms with Gasteiger partial charge in [-0.05, 0) is 37.6 Å². The van der Waals surface area contributed by atoms with Crippen LogP contribution in [0.5, 0.6) is 0 Å². The molecule has 0 fully saturated rings. The van der Waals surface area contributed by atoms with E-state index >= 15 is 0 Å². The van der Waals surface area contributed by atoms with Gasteiger partial charge in [0.2, 0.25) is 16.7 Å². The van der Waals surface area contributed by atoms with Gasteiger partial charge in [0, 0.05) is 26.0 Å². The van der Waals surface area contributed by atoms with Crippen LogP contribution >= 0.6 is 11.8 Å². The first kappa shape index (κ1) is 19.4. The fourth-order valence-corrected chi connectivity index (χ4v) is 4.98. The fourth-order valence-electron chi connectivity index (χ4n) is 3.67. The number of anilines is 1. The first-order valence-corrected chi connectivity index (χ1v) is 9.83. The number of amides is 3. The molecular formula is C19H24N4O3S. The number of carbonyl (C=O) groups is 3. The van der Waals surface area contributed by atoms with Crippen molar-refractivity contribution in [3.63, 3.8) is 0 Å². The summed E-state index contributed by atoms with van der Waals surface area (Å²) in [7, 11) is 0. The minimum absolute atomic E-state index is 0.191. The average molecular weight is 388 g/mol. The van der Waals surface area contributed by atoms with Crippen molar-refractivity contribution >= 4 is 40.3 Å². The number of hydrogen-bond donors (Lipinski definition) is 1. The highest BCUT2D eigenvalue weighted by Crippen LogP contribution is 2.55. The van der Waals surface area contributed by atoms with E-state index in [1.54, 1.807) is 4.90 Å². The topological polar surface area (TPSA) is 82.1 Å². The molecule has 8 heteroatoms.